The van der Waals surface area contributed by atoms with E-state index in [0.29, 0.717) is 28.6 Å². The average Bonchev–Trinajstić information content (AvgIpc) is 2.69. The van der Waals surface area contributed by atoms with Gasteiger partial charge in [0.2, 0.25) is 0 Å². The van der Waals surface area contributed by atoms with Crippen LogP contribution in [0.15, 0.2) is 48.0 Å². The van der Waals surface area contributed by atoms with Gasteiger partial charge in [0.15, 0.2) is 11.5 Å². The van der Waals surface area contributed by atoms with Crippen molar-refractivity contribution >= 4 is 12.0 Å². The fourth-order valence-corrected chi connectivity index (χ4v) is 2.22. The van der Waals surface area contributed by atoms with Gasteiger partial charge in [-0.25, -0.2) is 4.79 Å². The second kappa shape index (κ2) is 9.73. The molecule has 0 fully saturated rings. The summed E-state index contributed by atoms with van der Waals surface area (Å²) in [5.74, 6) is 0.821. The van der Waals surface area contributed by atoms with Crippen LogP contribution in [0.4, 0.5) is 0 Å². The molecule has 27 heavy (non-hydrogen) atoms. The molecule has 7 heteroatoms. The summed E-state index contributed by atoms with van der Waals surface area (Å²) in [6.07, 6.45) is 1.25. The minimum absolute atomic E-state index is 0.195. The van der Waals surface area contributed by atoms with Crippen LogP contribution in [0.25, 0.3) is 6.08 Å². The quantitative estimate of drug-likeness (QED) is 0.412. The SMILES string of the molecule is COc1ccc(C=C(C#N)C(=O)O)c(OCCOc2ccccc2OC)c1. The first-order valence-corrected chi connectivity index (χ1v) is 8.00. The van der Waals surface area contributed by atoms with Crippen molar-refractivity contribution in [1.82, 2.24) is 0 Å². The smallest absolute Gasteiger partial charge is 0.346 e. The molecule has 140 valence electrons. The van der Waals surface area contributed by atoms with Gasteiger partial charge in [-0.05, 0) is 30.3 Å². The minimum Gasteiger partial charge on any atom is -0.497 e. The van der Waals surface area contributed by atoms with Crippen molar-refractivity contribution in [2.45, 2.75) is 0 Å². The third-order valence-corrected chi connectivity index (χ3v) is 3.54. The summed E-state index contributed by atoms with van der Waals surface area (Å²) in [6.45, 7) is 0.436. The van der Waals surface area contributed by atoms with Crippen molar-refractivity contribution < 1.29 is 28.8 Å². The molecule has 0 spiro atoms. The molecular formula is C20H19NO6. The Morgan fingerprint density at radius 1 is 1.04 bits per heavy atom. The second-order valence-corrected chi connectivity index (χ2v) is 5.23. The van der Waals surface area contributed by atoms with Crippen molar-refractivity contribution in [3.63, 3.8) is 0 Å². The summed E-state index contributed by atoms with van der Waals surface area (Å²) >= 11 is 0. The van der Waals surface area contributed by atoms with E-state index in [1.807, 2.05) is 12.1 Å². The van der Waals surface area contributed by atoms with Crippen LogP contribution in [0, 0.1) is 11.3 Å². The van der Waals surface area contributed by atoms with Crippen LogP contribution in [0.5, 0.6) is 23.0 Å². The lowest BCUT2D eigenvalue weighted by Gasteiger charge is -2.13. The van der Waals surface area contributed by atoms with Crippen molar-refractivity contribution in [3.8, 4) is 29.1 Å². The third kappa shape index (κ3) is 5.41. The van der Waals surface area contributed by atoms with Gasteiger partial charge in [0.25, 0.3) is 0 Å². The summed E-state index contributed by atoms with van der Waals surface area (Å²) in [5.41, 5.74) is 0.0577. The van der Waals surface area contributed by atoms with Gasteiger partial charge < -0.3 is 24.1 Å². The van der Waals surface area contributed by atoms with Crippen LogP contribution in [0.2, 0.25) is 0 Å². The minimum atomic E-state index is -1.31. The molecule has 2 aromatic rings. The second-order valence-electron chi connectivity index (χ2n) is 5.23. The fraction of sp³-hybridized carbons (Fsp3) is 0.200. The van der Waals surface area contributed by atoms with Crippen LogP contribution < -0.4 is 18.9 Å². The van der Waals surface area contributed by atoms with E-state index in [1.54, 1.807) is 43.5 Å². The number of rotatable bonds is 9. The van der Waals surface area contributed by atoms with Crippen LogP contribution in [-0.2, 0) is 4.79 Å². The Hall–Kier alpha value is -3.66. The molecular weight excluding hydrogens is 350 g/mol. The number of para-hydroxylation sites is 2. The molecule has 0 atom stereocenters. The van der Waals surface area contributed by atoms with Crippen LogP contribution in [0.3, 0.4) is 0 Å². The van der Waals surface area contributed by atoms with Gasteiger partial charge in [0.1, 0.15) is 36.4 Å². The summed E-state index contributed by atoms with van der Waals surface area (Å²) in [4.78, 5) is 11.1. The first-order chi connectivity index (χ1) is 13.1. The van der Waals surface area contributed by atoms with Gasteiger partial charge in [-0.15, -0.1) is 0 Å². The monoisotopic (exact) mass is 369 g/mol. The van der Waals surface area contributed by atoms with E-state index in [1.165, 1.54) is 13.2 Å². The standard InChI is InChI=1S/C20H19NO6/c1-24-16-8-7-14(11-15(13-21)20(22)23)19(12-16)27-10-9-26-18-6-4-3-5-17(18)25-2/h3-8,11-12H,9-10H2,1-2H3,(H,22,23). The van der Waals surface area contributed by atoms with E-state index in [2.05, 4.69) is 0 Å². The molecule has 0 aromatic heterocycles. The number of carboxylic acids is 1. The van der Waals surface area contributed by atoms with Crippen molar-refractivity contribution in [1.29, 1.82) is 5.26 Å². The van der Waals surface area contributed by atoms with Crippen LogP contribution in [0.1, 0.15) is 5.56 Å². The third-order valence-electron chi connectivity index (χ3n) is 3.54. The first kappa shape index (κ1) is 19.7. The number of methoxy groups -OCH3 is 2. The van der Waals surface area contributed by atoms with E-state index in [-0.39, 0.29) is 13.2 Å². The van der Waals surface area contributed by atoms with Crippen LogP contribution >= 0.6 is 0 Å². The lowest BCUT2D eigenvalue weighted by atomic mass is 10.1. The number of hydrogen-bond acceptors (Lipinski definition) is 6. The number of nitriles is 1. The Morgan fingerprint density at radius 2 is 1.70 bits per heavy atom. The molecule has 0 amide bonds. The Labute approximate surface area is 157 Å². The largest absolute Gasteiger partial charge is 0.497 e. The molecule has 1 N–H and O–H groups in total. The van der Waals surface area contributed by atoms with E-state index in [0.717, 1.165) is 0 Å². The van der Waals surface area contributed by atoms with Crippen LogP contribution in [-0.4, -0.2) is 38.5 Å². The van der Waals surface area contributed by atoms with Gasteiger partial charge in [-0.3, -0.25) is 0 Å². The molecule has 0 aliphatic heterocycles. The van der Waals surface area contributed by atoms with Crippen molar-refractivity contribution in [3.05, 3.63) is 53.6 Å². The zero-order valence-electron chi connectivity index (χ0n) is 15.0. The maximum Gasteiger partial charge on any atom is 0.346 e. The molecule has 0 bridgehead atoms. The van der Waals surface area contributed by atoms with Gasteiger partial charge in [0.05, 0.1) is 14.2 Å². The predicted molar refractivity (Wildman–Crippen MR) is 98.2 cm³/mol. The lowest BCUT2D eigenvalue weighted by molar-refractivity contribution is -0.132. The number of nitrogens with zero attached hydrogens (tertiary/aromatic N) is 1. The lowest BCUT2D eigenvalue weighted by Crippen LogP contribution is -2.10. The molecule has 2 aromatic carbocycles. The Kier molecular flexibility index (Phi) is 7.08. The summed E-state index contributed by atoms with van der Waals surface area (Å²) in [6, 6.07) is 13.8. The number of hydrogen-bond donors (Lipinski definition) is 1. The molecule has 0 saturated heterocycles. The number of aliphatic carboxylic acids is 1. The molecule has 0 heterocycles. The normalized spacial score (nSPS) is 10.6. The molecule has 0 saturated carbocycles. The van der Waals surface area contributed by atoms with Gasteiger partial charge >= 0.3 is 5.97 Å². The molecule has 0 unspecified atom stereocenters. The van der Waals surface area contributed by atoms with Gasteiger partial charge in [-0.2, -0.15) is 5.26 Å². The summed E-state index contributed by atoms with van der Waals surface area (Å²) < 4.78 is 21.7. The fourth-order valence-electron chi connectivity index (χ4n) is 2.22. The molecule has 0 radical (unpaired) electrons. The highest BCUT2D eigenvalue weighted by molar-refractivity contribution is 5.96. The van der Waals surface area contributed by atoms with E-state index in [9.17, 15) is 4.79 Å². The number of carbonyl (C=O) groups is 1. The number of carboxylic acid groups (broad SMARTS) is 1. The molecule has 7 nitrogen and oxygen atoms in total. The van der Waals surface area contributed by atoms with E-state index >= 15 is 0 Å². The zero-order valence-corrected chi connectivity index (χ0v) is 15.0. The molecule has 2 rings (SSSR count). The Bertz CT molecular complexity index is 869. The van der Waals surface area contributed by atoms with Crippen molar-refractivity contribution in [2.75, 3.05) is 27.4 Å². The number of benzene rings is 2. The first-order valence-electron chi connectivity index (χ1n) is 8.00. The maximum absolute atomic E-state index is 11.1. The average molecular weight is 369 g/mol. The highest BCUT2D eigenvalue weighted by atomic mass is 16.5. The maximum atomic E-state index is 11.1. The summed E-state index contributed by atoms with van der Waals surface area (Å²) in [7, 11) is 3.07. The Balaban J connectivity index is 2.10. The van der Waals surface area contributed by atoms with E-state index in [4.69, 9.17) is 29.3 Å². The number of ether oxygens (including phenoxy) is 4. The van der Waals surface area contributed by atoms with Gasteiger partial charge in [0, 0.05) is 11.6 Å². The topological polar surface area (TPSA) is 98.0 Å². The van der Waals surface area contributed by atoms with E-state index < -0.39 is 11.5 Å². The molecule has 0 aliphatic carbocycles. The predicted octanol–water partition coefficient (Wildman–Crippen LogP) is 3.15. The Morgan fingerprint density at radius 3 is 2.30 bits per heavy atom. The highest BCUT2D eigenvalue weighted by Gasteiger charge is 2.10. The highest BCUT2D eigenvalue weighted by Crippen LogP contribution is 2.28. The molecule has 0 aliphatic rings. The van der Waals surface area contributed by atoms with Gasteiger partial charge in [-0.1, -0.05) is 12.1 Å². The van der Waals surface area contributed by atoms with Crippen molar-refractivity contribution in [2.24, 2.45) is 0 Å². The summed E-state index contributed by atoms with van der Waals surface area (Å²) in [5, 5.41) is 18.0. The zero-order chi connectivity index (χ0) is 19.6.